The van der Waals surface area contributed by atoms with Gasteiger partial charge in [0, 0.05) is 42.6 Å². The number of likely N-dealkylation sites (tertiary alicyclic amines) is 1. The van der Waals surface area contributed by atoms with Crippen LogP contribution in [-0.4, -0.2) is 48.5 Å². The van der Waals surface area contributed by atoms with Crippen LogP contribution in [0.5, 0.6) is 0 Å². The third kappa shape index (κ3) is 5.16. The molecular formula is C22H30BrNO4. The fourth-order valence-electron chi connectivity index (χ4n) is 4.08. The lowest BCUT2D eigenvalue weighted by Crippen LogP contribution is -2.42. The zero-order valence-corrected chi connectivity index (χ0v) is 18.1. The Morgan fingerprint density at radius 1 is 1.25 bits per heavy atom. The van der Waals surface area contributed by atoms with E-state index in [9.17, 15) is 9.90 Å². The molecule has 2 heterocycles. The molecule has 0 aromatic heterocycles. The minimum Gasteiger partial charge on any atom is -0.459 e. The Morgan fingerprint density at radius 2 is 1.96 bits per heavy atom. The SMILES string of the molecule is CCO[C@H]1OC(C(=O)N2CCCCC2)=C[C@@H](c2ccc(Br)cc2)[C@H]1CCCO. The van der Waals surface area contributed by atoms with Crippen molar-refractivity contribution in [2.75, 3.05) is 26.3 Å². The molecule has 0 radical (unpaired) electrons. The number of carbonyl (C=O) groups excluding carboxylic acids is 1. The number of aliphatic hydroxyl groups is 1. The highest BCUT2D eigenvalue weighted by Gasteiger charge is 2.38. The summed E-state index contributed by atoms with van der Waals surface area (Å²) < 4.78 is 13.0. The van der Waals surface area contributed by atoms with Gasteiger partial charge in [0.05, 0.1) is 0 Å². The molecule has 2 aliphatic rings. The maximum Gasteiger partial charge on any atom is 0.288 e. The Hall–Kier alpha value is -1.37. The number of allylic oxidation sites excluding steroid dienone is 1. The average molecular weight is 452 g/mol. The van der Waals surface area contributed by atoms with Crippen LogP contribution in [0.4, 0.5) is 0 Å². The first-order valence-corrected chi connectivity index (χ1v) is 11.1. The van der Waals surface area contributed by atoms with Crippen molar-refractivity contribution in [2.24, 2.45) is 5.92 Å². The number of rotatable bonds is 7. The molecule has 2 aliphatic heterocycles. The molecule has 1 fully saturated rings. The molecule has 5 nitrogen and oxygen atoms in total. The van der Waals surface area contributed by atoms with Gasteiger partial charge in [-0.05, 0) is 62.8 Å². The van der Waals surface area contributed by atoms with Crippen LogP contribution >= 0.6 is 15.9 Å². The number of hydrogen-bond donors (Lipinski definition) is 1. The van der Waals surface area contributed by atoms with E-state index in [1.165, 1.54) is 6.42 Å². The predicted molar refractivity (Wildman–Crippen MR) is 112 cm³/mol. The van der Waals surface area contributed by atoms with Crippen molar-refractivity contribution in [1.29, 1.82) is 0 Å². The van der Waals surface area contributed by atoms with E-state index in [1.807, 2.05) is 30.0 Å². The van der Waals surface area contributed by atoms with Crippen LogP contribution in [-0.2, 0) is 14.3 Å². The van der Waals surface area contributed by atoms with Gasteiger partial charge in [0.15, 0.2) is 5.76 Å². The Bertz CT molecular complexity index is 670. The Balaban J connectivity index is 1.92. The Kier molecular flexibility index (Phi) is 7.94. The van der Waals surface area contributed by atoms with E-state index < -0.39 is 6.29 Å². The fourth-order valence-corrected chi connectivity index (χ4v) is 4.34. The summed E-state index contributed by atoms with van der Waals surface area (Å²) in [5.41, 5.74) is 1.13. The quantitative estimate of drug-likeness (QED) is 0.674. The summed E-state index contributed by atoms with van der Waals surface area (Å²) in [7, 11) is 0. The van der Waals surface area contributed by atoms with Crippen LogP contribution in [0.1, 0.15) is 50.5 Å². The fraction of sp³-hybridized carbons (Fsp3) is 0.591. The van der Waals surface area contributed by atoms with Gasteiger partial charge in [-0.1, -0.05) is 28.1 Å². The van der Waals surface area contributed by atoms with Crippen LogP contribution < -0.4 is 0 Å². The van der Waals surface area contributed by atoms with Gasteiger partial charge < -0.3 is 19.5 Å². The van der Waals surface area contributed by atoms with Gasteiger partial charge in [-0.3, -0.25) is 4.79 Å². The summed E-state index contributed by atoms with van der Waals surface area (Å²) in [4.78, 5) is 15.0. The highest BCUT2D eigenvalue weighted by Crippen LogP contribution is 2.40. The van der Waals surface area contributed by atoms with Crippen molar-refractivity contribution in [3.05, 3.63) is 46.1 Å². The van der Waals surface area contributed by atoms with Crippen molar-refractivity contribution in [1.82, 2.24) is 4.90 Å². The lowest BCUT2D eigenvalue weighted by Gasteiger charge is -2.38. The Labute approximate surface area is 175 Å². The van der Waals surface area contributed by atoms with Crippen molar-refractivity contribution < 1.29 is 19.4 Å². The number of halogens is 1. The number of benzene rings is 1. The molecule has 0 aliphatic carbocycles. The molecule has 1 N–H and O–H groups in total. The lowest BCUT2D eigenvalue weighted by atomic mass is 9.80. The van der Waals surface area contributed by atoms with Gasteiger partial charge in [0.2, 0.25) is 6.29 Å². The topological polar surface area (TPSA) is 59.0 Å². The molecule has 28 heavy (non-hydrogen) atoms. The number of hydrogen-bond acceptors (Lipinski definition) is 4. The second-order valence-corrected chi connectivity index (χ2v) is 8.35. The van der Waals surface area contributed by atoms with E-state index in [4.69, 9.17) is 9.47 Å². The van der Waals surface area contributed by atoms with Crippen LogP contribution in [0.3, 0.4) is 0 Å². The van der Waals surface area contributed by atoms with Crippen LogP contribution in [0.25, 0.3) is 0 Å². The molecule has 1 aromatic carbocycles. The molecule has 0 bridgehead atoms. The van der Waals surface area contributed by atoms with Crippen LogP contribution in [0.2, 0.25) is 0 Å². The number of nitrogens with zero attached hydrogens (tertiary/aromatic N) is 1. The summed E-state index contributed by atoms with van der Waals surface area (Å²) in [6.07, 6.45) is 6.19. The molecule has 1 amide bonds. The maximum atomic E-state index is 13.1. The van der Waals surface area contributed by atoms with Gasteiger partial charge in [-0.2, -0.15) is 0 Å². The minimum absolute atomic E-state index is 0.00805. The van der Waals surface area contributed by atoms with Gasteiger partial charge in [-0.15, -0.1) is 0 Å². The third-order valence-electron chi connectivity index (χ3n) is 5.52. The second-order valence-electron chi connectivity index (χ2n) is 7.43. The van der Waals surface area contributed by atoms with E-state index >= 15 is 0 Å². The predicted octanol–water partition coefficient (Wildman–Crippen LogP) is 4.21. The summed E-state index contributed by atoms with van der Waals surface area (Å²) in [5, 5.41) is 9.35. The zero-order chi connectivity index (χ0) is 19.9. The molecule has 0 spiro atoms. The second kappa shape index (κ2) is 10.4. The number of carbonyl (C=O) groups is 1. The molecule has 1 saturated heterocycles. The van der Waals surface area contributed by atoms with E-state index in [1.54, 1.807) is 0 Å². The molecule has 6 heteroatoms. The van der Waals surface area contributed by atoms with E-state index in [0.29, 0.717) is 18.8 Å². The average Bonchev–Trinajstić information content (AvgIpc) is 2.73. The standard InChI is InChI=1S/C22H30BrNO4/c1-2-27-22-18(7-6-14-25)19(16-8-10-17(23)11-9-16)15-20(28-22)21(26)24-12-4-3-5-13-24/h8-11,15,18-19,22,25H,2-7,12-14H2,1H3/t18-,19+,22+/m1/s1. The lowest BCUT2D eigenvalue weighted by molar-refractivity contribution is -0.170. The number of ether oxygens (including phenoxy) is 2. The van der Waals surface area contributed by atoms with Crippen molar-refractivity contribution >= 4 is 21.8 Å². The first kappa shape index (κ1) is 21.3. The summed E-state index contributed by atoms with van der Waals surface area (Å²) in [5.74, 6) is 0.417. The van der Waals surface area contributed by atoms with E-state index in [0.717, 1.165) is 42.4 Å². The van der Waals surface area contributed by atoms with Crippen LogP contribution in [0, 0.1) is 5.92 Å². The van der Waals surface area contributed by atoms with Gasteiger partial charge in [-0.25, -0.2) is 0 Å². The van der Waals surface area contributed by atoms with Crippen molar-refractivity contribution in [3.8, 4) is 0 Å². The third-order valence-corrected chi connectivity index (χ3v) is 6.05. The first-order chi connectivity index (χ1) is 13.6. The number of amides is 1. The molecule has 154 valence electrons. The zero-order valence-electron chi connectivity index (χ0n) is 16.5. The number of aliphatic hydroxyl groups excluding tert-OH is 1. The normalized spacial score (nSPS) is 25.2. The highest BCUT2D eigenvalue weighted by molar-refractivity contribution is 9.10. The molecule has 1 aromatic rings. The molecule has 3 atom stereocenters. The van der Waals surface area contributed by atoms with Crippen molar-refractivity contribution in [2.45, 2.75) is 51.2 Å². The number of piperidine rings is 1. The molecule has 0 unspecified atom stereocenters. The van der Waals surface area contributed by atoms with Gasteiger partial charge >= 0.3 is 0 Å². The molecular weight excluding hydrogens is 422 g/mol. The van der Waals surface area contributed by atoms with Crippen LogP contribution in [0.15, 0.2) is 40.6 Å². The summed E-state index contributed by atoms with van der Waals surface area (Å²) in [6.45, 7) is 4.15. The van der Waals surface area contributed by atoms with E-state index in [2.05, 4.69) is 28.1 Å². The summed E-state index contributed by atoms with van der Waals surface area (Å²) >= 11 is 3.49. The Morgan fingerprint density at radius 3 is 2.61 bits per heavy atom. The molecule has 3 rings (SSSR count). The largest absolute Gasteiger partial charge is 0.459 e. The minimum atomic E-state index is -0.487. The highest BCUT2D eigenvalue weighted by atomic mass is 79.9. The van der Waals surface area contributed by atoms with E-state index in [-0.39, 0.29) is 24.3 Å². The monoisotopic (exact) mass is 451 g/mol. The first-order valence-electron chi connectivity index (χ1n) is 10.3. The molecule has 0 saturated carbocycles. The van der Waals surface area contributed by atoms with Crippen molar-refractivity contribution in [3.63, 3.8) is 0 Å². The maximum absolute atomic E-state index is 13.1. The van der Waals surface area contributed by atoms with Gasteiger partial charge in [0.1, 0.15) is 0 Å². The van der Waals surface area contributed by atoms with Gasteiger partial charge in [0.25, 0.3) is 5.91 Å². The smallest absolute Gasteiger partial charge is 0.288 e. The summed E-state index contributed by atoms with van der Waals surface area (Å²) in [6, 6.07) is 8.19.